The van der Waals surface area contributed by atoms with Crippen LogP contribution >= 0.6 is 0 Å². The molecular formula is C18H36N2O2. The Morgan fingerprint density at radius 3 is 2.55 bits per heavy atom. The van der Waals surface area contributed by atoms with Crippen LogP contribution in [0.4, 0.5) is 4.79 Å². The Morgan fingerprint density at radius 1 is 1.23 bits per heavy atom. The first-order valence-electron chi connectivity index (χ1n) is 9.05. The summed E-state index contributed by atoms with van der Waals surface area (Å²) in [6, 6.07) is 1.33. The van der Waals surface area contributed by atoms with E-state index in [1.807, 2.05) is 20.8 Å². The molecule has 130 valence electrons. The van der Waals surface area contributed by atoms with E-state index in [2.05, 4.69) is 24.5 Å². The largest absolute Gasteiger partial charge is 0.444 e. The Labute approximate surface area is 136 Å². The van der Waals surface area contributed by atoms with Crippen molar-refractivity contribution in [2.45, 2.75) is 110 Å². The summed E-state index contributed by atoms with van der Waals surface area (Å²) in [5.41, 5.74) is -0.426. The van der Waals surface area contributed by atoms with Gasteiger partial charge in [-0.1, -0.05) is 26.2 Å². The van der Waals surface area contributed by atoms with Gasteiger partial charge >= 0.3 is 6.09 Å². The molecule has 4 nitrogen and oxygen atoms in total. The van der Waals surface area contributed by atoms with Gasteiger partial charge in [0.1, 0.15) is 5.60 Å². The molecular weight excluding hydrogens is 276 g/mol. The van der Waals surface area contributed by atoms with Crippen LogP contribution in [0.15, 0.2) is 0 Å². The van der Waals surface area contributed by atoms with Crippen molar-refractivity contribution < 1.29 is 9.53 Å². The second kappa shape index (κ2) is 9.39. The molecule has 1 aliphatic carbocycles. The molecule has 0 aromatic heterocycles. The van der Waals surface area contributed by atoms with Crippen LogP contribution in [-0.4, -0.2) is 29.8 Å². The maximum absolute atomic E-state index is 11.9. The van der Waals surface area contributed by atoms with Gasteiger partial charge in [0, 0.05) is 18.1 Å². The highest BCUT2D eigenvalue weighted by atomic mass is 16.6. The predicted octanol–water partition coefficient (Wildman–Crippen LogP) is 4.38. The first-order chi connectivity index (χ1) is 10.3. The van der Waals surface area contributed by atoms with Gasteiger partial charge in [0.25, 0.3) is 0 Å². The molecule has 0 aliphatic heterocycles. The van der Waals surface area contributed by atoms with Crippen LogP contribution in [0.25, 0.3) is 0 Å². The summed E-state index contributed by atoms with van der Waals surface area (Å²) in [5.74, 6) is 0. The molecule has 1 fully saturated rings. The second-order valence-electron chi connectivity index (χ2n) is 7.77. The molecule has 0 aromatic carbocycles. The zero-order valence-corrected chi connectivity index (χ0v) is 15.2. The molecule has 1 saturated carbocycles. The standard InChI is InChI=1S/C18H36N2O2/c1-6-7-8-10-14(2)19-15-11-9-12-16(13-15)20-17(21)22-18(3,4)5/h14-16,19H,6-13H2,1-5H3,(H,20,21). The normalized spacial score (nSPS) is 23.9. The summed E-state index contributed by atoms with van der Waals surface area (Å²) < 4.78 is 5.35. The molecule has 0 radical (unpaired) electrons. The van der Waals surface area contributed by atoms with Crippen LogP contribution in [0.1, 0.15) is 86.0 Å². The smallest absolute Gasteiger partial charge is 0.407 e. The molecule has 1 amide bonds. The first-order valence-corrected chi connectivity index (χ1v) is 9.05. The van der Waals surface area contributed by atoms with Crippen molar-refractivity contribution in [3.05, 3.63) is 0 Å². The average molecular weight is 312 g/mol. The quantitative estimate of drug-likeness (QED) is 0.686. The Bertz CT molecular complexity index is 326. The number of carbonyl (C=O) groups excluding carboxylic acids is 1. The second-order valence-corrected chi connectivity index (χ2v) is 7.77. The number of unbranched alkanes of at least 4 members (excludes halogenated alkanes) is 2. The fourth-order valence-electron chi connectivity index (χ4n) is 3.13. The lowest BCUT2D eigenvalue weighted by atomic mass is 9.90. The molecule has 3 atom stereocenters. The monoisotopic (exact) mass is 312 g/mol. The number of amides is 1. The van der Waals surface area contributed by atoms with E-state index in [0.717, 1.165) is 12.8 Å². The van der Waals surface area contributed by atoms with Gasteiger partial charge in [-0.15, -0.1) is 0 Å². The van der Waals surface area contributed by atoms with Gasteiger partial charge in [0.05, 0.1) is 0 Å². The highest BCUT2D eigenvalue weighted by molar-refractivity contribution is 5.68. The van der Waals surface area contributed by atoms with E-state index in [4.69, 9.17) is 4.74 Å². The Hall–Kier alpha value is -0.770. The molecule has 4 heteroatoms. The summed E-state index contributed by atoms with van der Waals surface area (Å²) in [4.78, 5) is 11.9. The fourth-order valence-corrected chi connectivity index (χ4v) is 3.13. The van der Waals surface area contributed by atoms with Crippen LogP contribution in [0.2, 0.25) is 0 Å². The van der Waals surface area contributed by atoms with E-state index in [1.165, 1.54) is 38.5 Å². The third kappa shape index (κ3) is 8.62. The van der Waals surface area contributed by atoms with E-state index in [1.54, 1.807) is 0 Å². The van der Waals surface area contributed by atoms with Crippen molar-refractivity contribution in [3.8, 4) is 0 Å². The van der Waals surface area contributed by atoms with Crippen molar-refractivity contribution >= 4 is 6.09 Å². The molecule has 0 heterocycles. The minimum atomic E-state index is -0.426. The molecule has 2 N–H and O–H groups in total. The summed E-state index contributed by atoms with van der Waals surface area (Å²) >= 11 is 0. The van der Waals surface area contributed by atoms with Crippen molar-refractivity contribution in [3.63, 3.8) is 0 Å². The molecule has 22 heavy (non-hydrogen) atoms. The predicted molar refractivity (Wildman–Crippen MR) is 92.2 cm³/mol. The molecule has 0 bridgehead atoms. The third-order valence-corrected chi connectivity index (χ3v) is 4.16. The van der Waals surface area contributed by atoms with E-state index in [9.17, 15) is 4.79 Å². The van der Waals surface area contributed by atoms with E-state index in [-0.39, 0.29) is 12.1 Å². The molecule has 0 spiro atoms. The fraction of sp³-hybridized carbons (Fsp3) is 0.944. The number of ether oxygens (including phenoxy) is 1. The van der Waals surface area contributed by atoms with Crippen molar-refractivity contribution in [1.82, 2.24) is 10.6 Å². The molecule has 1 aliphatic rings. The van der Waals surface area contributed by atoms with Crippen LogP contribution in [0, 0.1) is 0 Å². The van der Waals surface area contributed by atoms with E-state index in [0.29, 0.717) is 12.1 Å². The SMILES string of the molecule is CCCCCC(C)NC1CCCC(NC(=O)OC(C)(C)C)C1. The minimum absolute atomic E-state index is 0.240. The van der Waals surface area contributed by atoms with Crippen LogP contribution in [0.5, 0.6) is 0 Å². The van der Waals surface area contributed by atoms with Crippen LogP contribution < -0.4 is 10.6 Å². The Morgan fingerprint density at radius 2 is 1.91 bits per heavy atom. The molecule has 1 rings (SSSR count). The maximum atomic E-state index is 11.9. The highest BCUT2D eigenvalue weighted by Crippen LogP contribution is 2.20. The lowest BCUT2D eigenvalue weighted by Crippen LogP contribution is -2.47. The van der Waals surface area contributed by atoms with Gasteiger partial charge < -0.3 is 15.4 Å². The number of carbonyl (C=O) groups is 1. The van der Waals surface area contributed by atoms with Gasteiger partial charge in [-0.3, -0.25) is 0 Å². The van der Waals surface area contributed by atoms with E-state index < -0.39 is 5.60 Å². The van der Waals surface area contributed by atoms with Crippen molar-refractivity contribution in [1.29, 1.82) is 0 Å². The summed E-state index contributed by atoms with van der Waals surface area (Å²) in [5, 5.41) is 6.77. The Kier molecular flexibility index (Phi) is 8.23. The number of alkyl carbamates (subject to hydrolysis) is 1. The minimum Gasteiger partial charge on any atom is -0.444 e. The number of nitrogens with one attached hydrogen (secondary N) is 2. The van der Waals surface area contributed by atoms with Crippen molar-refractivity contribution in [2.24, 2.45) is 0 Å². The van der Waals surface area contributed by atoms with Crippen molar-refractivity contribution in [2.75, 3.05) is 0 Å². The van der Waals surface area contributed by atoms with Crippen LogP contribution in [-0.2, 0) is 4.74 Å². The average Bonchev–Trinajstić information content (AvgIpc) is 2.36. The lowest BCUT2D eigenvalue weighted by Gasteiger charge is -2.33. The third-order valence-electron chi connectivity index (χ3n) is 4.16. The topological polar surface area (TPSA) is 50.4 Å². The molecule has 3 unspecified atom stereocenters. The van der Waals surface area contributed by atoms with Gasteiger partial charge in [0.2, 0.25) is 0 Å². The first kappa shape index (κ1) is 19.3. The summed E-state index contributed by atoms with van der Waals surface area (Å²) in [6.07, 6.45) is 9.31. The maximum Gasteiger partial charge on any atom is 0.407 e. The Balaban J connectivity index is 2.30. The zero-order chi connectivity index (χ0) is 16.6. The highest BCUT2D eigenvalue weighted by Gasteiger charge is 2.25. The van der Waals surface area contributed by atoms with Gasteiger partial charge in [-0.2, -0.15) is 0 Å². The molecule has 0 saturated heterocycles. The zero-order valence-electron chi connectivity index (χ0n) is 15.2. The molecule has 0 aromatic rings. The lowest BCUT2D eigenvalue weighted by molar-refractivity contribution is 0.0488. The van der Waals surface area contributed by atoms with Gasteiger partial charge in [0.15, 0.2) is 0 Å². The number of rotatable bonds is 7. The summed E-state index contributed by atoms with van der Waals surface area (Å²) in [6.45, 7) is 10.2. The van der Waals surface area contributed by atoms with Gasteiger partial charge in [-0.25, -0.2) is 4.79 Å². The summed E-state index contributed by atoms with van der Waals surface area (Å²) in [7, 11) is 0. The number of hydrogen-bond donors (Lipinski definition) is 2. The number of hydrogen-bond acceptors (Lipinski definition) is 3. The van der Waals surface area contributed by atoms with Crippen LogP contribution in [0.3, 0.4) is 0 Å². The van der Waals surface area contributed by atoms with Gasteiger partial charge in [-0.05, 0) is 59.8 Å². The van der Waals surface area contributed by atoms with E-state index >= 15 is 0 Å².